The van der Waals surface area contributed by atoms with E-state index in [1.165, 1.54) is 0 Å². The Morgan fingerprint density at radius 3 is 2.79 bits per heavy atom. The lowest BCUT2D eigenvalue weighted by Gasteiger charge is -2.14. The molecule has 0 spiro atoms. The fourth-order valence-electron chi connectivity index (χ4n) is 1.96. The zero-order chi connectivity index (χ0) is 14.0. The van der Waals surface area contributed by atoms with Crippen LogP contribution in [0.5, 0.6) is 0 Å². The van der Waals surface area contributed by atoms with Gasteiger partial charge in [0.15, 0.2) is 0 Å². The zero-order valence-electron chi connectivity index (χ0n) is 11.4. The zero-order valence-corrected chi connectivity index (χ0v) is 12.1. The fourth-order valence-corrected chi connectivity index (χ4v) is 2.20. The van der Waals surface area contributed by atoms with E-state index in [1.807, 2.05) is 31.8 Å². The number of anilines is 1. The van der Waals surface area contributed by atoms with Gasteiger partial charge in [-0.2, -0.15) is 5.10 Å². The molecule has 2 aromatic heterocycles. The molecule has 0 aliphatic carbocycles. The van der Waals surface area contributed by atoms with Crippen LogP contribution in [0.1, 0.15) is 5.56 Å². The third kappa shape index (κ3) is 2.88. The third-order valence-corrected chi connectivity index (χ3v) is 3.26. The van der Waals surface area contributed by atoms with E-state index >= 15 is 0 Å². The summed E-state index contributed by atoms with van der Waals surface area (Å²) < 4.78 is 1.88. The van der Waals surface area contributed by atoms with Crippen LogP contribution in [0.3, 0.4) is 0 Å². The highest BCUT2D eigenvalue weighted by molar-refractivity contribution is 6.33. The van der Waals surface area contributed by atoms with Crippen LogP contribution >= 0.6 is 11.6 Å². The maximum absolute atomic E-state index is 6.26. The summed E-state index contributed by atoms with van der Waals surface area (Å²) in [6.07, 6.45) is 3.35. The van der Waals surface area contributed by atoms with Crippen molar-refractivity contribution >= 4 is 17.4 Å². The molecule has 2 heterocycles. The molecule has 0 aliphatic rings. The molecule has 5 nitrogen and oxygen atoms in total. The molecule has 0 radical (unpaired) electrons. The summed E-state index contributed by atoms with van der Waals surface area (Å²) in [5.41, 5.74) is 8.73. The SMILES string of the molecule is Cc1ccnc(N)c1-c1c(Cl)cnn1CCN(C)C. The molecule has 0 unspecified atom stereocenters. The number of pyridine rings is 1. The molecule has 19 heavy (non-hydrogen) atoms. The quantitative estimate of drug-likeness (QED) is 0.931. The normalized spacial score (nSPS) is 11.2. The second-order valence-electron chi connectivity index (χ2n) is 4.76. The van der Waals surface area contributed by atoms with E-state index in [0.29, 0.717) is 10.8 Å². The Hall–Kier alpha value is -1.59. The second-order valence-corrected chi connectivity index (χ2v) is 5.16. The molecule has 0 saturated heterocycles. The molecular formula is C13H18ClN5. The third-order valence-electron chi connectivity index (χ3n) is 2.98. The van der Waals surface area contributed by atoms with Crippen LogP contribution in [0, 0.1) is 6.92 Å². The molecule has 2 aromatic rings. The standard InChI is InChI=1S/C13H18ClN5/c1-9-4-5-16-13(15)11(9)12-10(14)8-17-19(12)7-6-18(2)3/h4-5,8H,6-7H2,1-3H3,(H2,15,16). The summed E-state index contributed by atoms with van der Waals surface area (Å²) in [6.45, 7) is 3.63. The van der Waals surface area contributed by atoms with Crippen LogP contribution in [-0.4, -0.2) is 40.3 Å². The molecule has 0 saturated carbocycles. The number of hydrogen-bond acceptors (Lipinski definition) is 4. The number of hydrogen-bond donors (Lipinski definition) is 1. The van der Waals surface area contributed by atoms with Crippen molar-refractivity contribution in [3.8, 4) is 11.3 Å². The van der Waals surface area contributed by atoms with Crippen LogP contribution in [0.25, 0.3) is 11.3 Å². The minimum absolute atomic E-state index is 0.480. The van der Waals surface area contributed by atoms with E-state index in [2.05, 4.69) is 15.0 Å². The number of likely N-dealkylation sites (N-methyl/N-ethyl adjacent to an activating group) is 1. The Morgan fingerprint density at radius 2 is 2.16 bits per heavy atom. The van der Waals surface area contributed by atoms with E-state index in [4.69, 9.17) is 17.3 Å². The van der Waals surface area contributed by atoms with Gasteiger partial charge in [0, 0.05) is 18.3 Å². The Balaban J connectivity index is 2.47. The minimum atomic E-state index is 0.480. The van der Waals surface area contributed by atoms with Crippen LogP contribution in [0.15, 0.2) is 18.5 Å². The Kier molecular flexibility index (Phi) is 4.07. The maximum Gasteiger partial charge on any atom is 0.133 e. The first-order valence-electron chi connectivity index (χ1n) is 6.08. The molecule has 0 aromatic carbocycles. The average Bonchev–Trinajstić information content (AvgIpc) is 2.69. The highest BCUT2D eigenvalue weighted by atomic mass is 35.5. The molecule has 2 rings (SSSR count). The predicted molar refractivity (Wildman–Crippen MR) is 78.2 cm³/mol. The van der Waals surface area contributed by atoms with Gasteiger partial charge in [-0.3, -0.25) is 4.68 Å². The Labute approximate surface area is 118 Å². The maximum atomic E-state index is 6.26. The summed E-state index contributed by atoms with van der Waals surface area (Å²) >= 11 is 6.26. The van der Waals surface area contributed by atoms with Gasteiger partial charge in [0.2, 0.25) is 0 Å². The van der Waals surface area contributed by atoms with E-state index in [0.717, 1.165) is 29.9 Å². The van der Waals surface area contributed by atoms with Gasteiger partial charge in [0.05, 0.1) is 23.5 Å². The fraction of sp³-hybridized carbons (Fsp3) is 0.385. The molecule has 2 N–H and O–H groups in total. The molecule has 6 heteroatoms. The first-order chi connectivity index (χ1) is 9.00. The monoisotopic (exact) mass is 279 g/mol. The second kappa shape index (κ2) is 5.59. The number of nitrogens with zero attached hydrogens (tertiary/aromatic N) is 4. The lowest BCUT2D eigenvalue weighted by molar-refractivity contribution is 0.374. The van der Waals surface area contributed by atoms with Crippen molar-refractivity contribution in [1.29, 1.82) is 0 Å². The first-order valence-corrected chi connectivity index (χ1v) is 6.46. The average molecular weight is 280 g/mol. The van der Waals surface area contributed by atoms with Crippen molar-refractivity contribution in [1.82, 2.24) is 19.7 Å². The molecule has 0 fully saturated rings. The lowest BCUT2D eigenvalue weighted by atomic mass is 10.1. The first kappa shape index (κ1) is 13.8. The van der Waals surface area contributed by atoms with E-state index in [-0.39, 0.29) is 0 Å². The van der Waals surface area contributed by atoms with Crippen LogP contribution < -0.4 is 5.73 Å². The van der Waals surface area contributed by atoms with E-state index in [9.17, 15) is 0 Å². The van der Waals surface area contributed by atoms with Crippen molar-refractivity contribution in [2.45, 2.75) is 13.5 Å². The molecule has 0 amide bonds. The number of nitrogens with two attached hydrogens (primary N) is 1. The van der Waals surface area contributed by atoms with Crippen LogP contribution in [0.2, 0.25) is 5.02 Å². The van der Waals surface area contributed by atoms with E-state index in [1.54, 1.807) is 12.4 Å². The summed E-state index contributed by atoms with van der Waals surface area (Å²) in [7, 11) is 4.04. The number of rotatable bonds is 4. The number of nitrogen functional groups attached to an aromatic ring is 1. The highest BCUT2D eigenvalue weighted by Crippen LogP contribution is 2.33. The smallest absolute Gasteiger partial charge is 0.133 e. The van der Waals surface area contributed by atoms with Gasteiger partial charge in [-0.1, -0.05) is 11.6 Å². The minimum Gasteiger partial charge on any atom is -0.383 e. The Bertz CT molecular complexity index is 556. The highest BCUT2D eigenvalue weighted by Gasteiger charge is 2.17. The predicted octanol–water partition coefficient (Wildman–Crippen LogP) is 2.05. The summed E-state index contributed by atoms with van der Waals surface area (Å²) in [5, 5.41) is 4.92. The van der Waals surface area contributed by atoms with Gasteiger partial charge < -0.3 is 10.6 Å². The largest absolute Gasteiger partial charge is 0.383 e. The topological polar surface area (TPSA) is 60.0 Å². The van der Waals surface area contributed by atoms with Crippen molar-refractivity contribution in [3.05, 3.63) is 29.0 Å². The lowest BCUT2D eigenvalue weighted by Crippen LogP contribution is -2.19. The molecule has 0 atom stereocenters. The van der Waals surface area contributed by atoms with Crippen molar-refractivity contribution in [2.24, 2.45) is 0 Å². The van der Waals surface area contributed by atoms with Gasteiger partial charge in [0.1, 0.15) is 5.82 Å². The summed E-state index contributed by atoms with van der Waals surface area (Å²) in [4.78, 5) is 6.24. The number of aryl methyl sites for hydroxylation is 1. The van der Waals surface area contributed by atoms with Crippen LogP contribution in [-0.2, 0) is 6.54 Å². The van der Waals surface area contributed by atoms with Crippen molar-refractivity contribution in [3.63, 3.8) is 0 Å². The Morgan fingerprint density at radius 1 is 1.42 bits per heavy atom. The molecule has 0 bridgehead atoms. The number of aromatic nitrogens is 3. The van der Waals surface area contributed by atoms with Gasteiger partial charge in [-0.15, -0.1) is 0 Å². The van der Waals surface area contributed by atoms with Crippen LogP contribution in [0.4, 0.5) is 5.82 Å². The summed E-state index contributed by atoms with van der Waals surface area (Å²) in [5.74, 6) is 0.480. The molecule has 102 valence electrons. The molecular weight excluding hydrogens is 262 g/mol. The van der Waals surface area contributed by atoms with Gasteiger partial charge >= 0.3 is 0 Å². The van der Waals surface area contributed by atoms with Gasteiger partial charge in [-0.25, -0.2) is 4.98 Å². The molecule has 0 aliphatic heterocycles. The van der Waals surface area contributed by atoms with Crippen molar-refractivity contribution < 1.29 is 0 Å². The van der Waals surface area contributed by atoms with Gasteiger partial charge in [-0.05, 0) is 32.6 Å². The van der Waals surface area contributed by atoms with Crippen molar-refractivity contribution in [2.75, 3.05) is 26.4 Å². The summed E-state index contributed by atoms with van der Waals surface area (Å²) in [6, 6.07) is 1.92. The van der Waals surface area contributed by atoms with E-state index < -0.39 is 0 Å². The number of halogens is 1. The van der Waals surface area contributed by atoms with Gasteiger partial charge in [0.25, 0.3) is 0 Å².